The molecule has 1 heterocycles. The fourth-order valence-corrected chi connectivity index (χ4v) is 2.79. The first kappa shape index (κ1) is 18.3. The monoisotopic (exact) mass is 389 g/mol. The molecule has 0 spiro atoms. The Morgan fingerprint density at radius 3 is 2.46 bits per heavy atom. The van der Waals surface area contributed by atoms with E-state index in [4.69, 9.17) is 27.9 Å². The van der Waals surface area contributed by atoms with Crippen molar-refractivity contribution in [1.82, 2.24) is 9.78 Å². The number of likely N-dealkylation sites (N-methyl/N-ethyl adjacent to an activating group) is 1. The van der Waals surface area contributed by atoms with E-state index in [0.29, 0.717) is 29.5 Å². The topological polar surface area (TPSA) is 47.4 Å². The maximum absolute atomic E-state index is 12.5. The summed E-state index contributed by atoms with van der Waals surface area (Å²) in [6.07, 6.45) is 1.58. The molecule has 0 bridgehead atoms. The van der Waals surface area contributed by atoms with E-state index in [2.05, 4.69) is 5.10 Å². The van der Waals surface area contributed by atoms with E-state index in [1.807, 2.05) is 30.1 Å². The molecular weight excluding hydrogens is 373 g/mol. The summed E-state index contributed by atoms with van der Waals surface area (Å²) in [5.41, 5.74) is 0.865. The zero-order valence-corrected chi connectivity index (χ0v) is 15.6. The van der Waals surface area contributed by atoms with Crippen molar-refractivity contribution in [3.8, 4) is 11.4 Å². The van der Waals surface area contributed by atoms with Crippen molar-refractivity contribution >= 4 is 28.9 Å². The van der Waals surface area contributed by atoms with Crippen molar-refractivity contribution in [2.24, 2.45) is 0 Å². The Morgan fingerprint density at radius 1 is 1.08 bits per heavy atom. The molecule has 3 rings (SSSR count). The van der Waals surface area contributed by atoms with Gasteiger partial charge >= 0.3 is 0 Å². The van der Waals surface area contributed by atoms with E-state index in [1.165, 1.54) is 4.68 Å². The SMILES string of the molecule is CN(CCOc1ccc(Cl)cc1)c1cnn(-c2ccccc2)c(=O)c1Cl. The quantitative estimate of drug-likeness (QED) is 0.637. The van der Waals surface area contributed by atoms with E-state index in [0.717, 1.165) is 5.75 Å². The molecular formula is C19H17Cl2N3O2. The van der Waals surface area contributed by atoms with Gasteiger partial charge in [0, 0.05) is 12.1 Å². The lowest BCUT2D eigenvalue weighted by atomic mass is 10.3. The number of anilines is 1. The van der Waals surface area contributed by atoms with E-state index in [-0.39, 0.29) is 10.6 Å². The van der Waals surface area contributed by atoms with Gasteiger partial charge in [-0.05, 0) is 36.4 Å². The molecule has 7 heteroatoms. The minimum absolute atomic E-state index is 0.123. The van der Waals surface area contributed by atoms with Crippen LogP contribution in [0, 0.1) is 0 Å². The van der Waals surface area contributed by atoms with Crippen LogP contribution in [0.3, 0.4) is 0 Å². The summed E-state index contributed by atoms with van der Waals surface area (Å²) >= 11 is 12.1. The van der Waals surface area contributed by atoms with Crippen molar-refractivity contribution in [2.45, 2.75) is 0 Å². The highest BCUT2D eigenvalue weighted by Gasteiger charge is 2.13. The number of aromatic nitrogens is 2. The third-order valence-corrected chi connectivity index (χ3v) is 4.43. The van der Waals surface area contributed by atoms with Gasteiger partial charge in [-0.15, -0.1) is 0 Å². The largest absolute Gasteiger partial charge is 0.492 e. The van der Waals surface area contributed by atoms with Gasteiger partial charge in [0.15, 0.2) is 0 Å². The third kappa shape index (κ3) is 4.18. The molecule has 0 atom stereocenters. The Labute approximate surface area is 161 Å². The molecule has 0 N–H and O–H groups in total. The molecule has 0 unspecified atom stereocenters. The molecule has 134 valence electrons. The molecule has 0 aliphatic heterocycles. The van der Waals surface area contributed by atoms with Crippen LogP contribution in [0.25, 0.3) is 5.69 Å². The van der Waals surface area contributed by atoms with Crippen LogP contribution < -0.4 is 15.2 Å². The molecule has 26 heavy (non-hydrogen) atoms. The molecule has 0 aliphatic rings. The Hall–Kier alpha value is -2.50. The van der Waals surface area contributed by atoms with E-state index in [9.17, 15) is 4.79 Å². The molecule has 0 saturated heterocycles. The van der Waals surface area contributed by atoms with Gasteiger partial charge in [0.05, 0.1) is 24.1 Å². The van der Waals surface area contributed by atoms with E-state index in [1.54, 1.807) is 42.6 Å². The van der Waals surface area contributed by atoms with Crippen LogP contribution in [-0.4, -0.2) is 30.0 Å². The van der Waals surface area contributed by atoms with Crippen molar-refractivity contribution in [3.05, 3.63) is 81.2 Å². The first-order chi connectivity index (χ1) is 12.6. The highest BCUT2D eigenvalue weighted by atomic mass is 35.5. The van der Waals surface area contributed by atoms with Crippen molar-refractivity contribution in [2.75, 3.05) is 25.1 Å². The maximum atomic E-state index is 12.5. The van der Waals surface area contributed by atoms with Gasteiger partial charge in [0.25, 0.3) is 5.56 Å². The lowest BCUT2D eigenvalue weighted by Crippen LogP contribution is -2.29. The van der Waals surface area contributed by atoms with Crippen molar-refractivity contribution in [3.63, 3.8) is 0 Å². The molecule has 1 aromatic heterocycles. The predicted molar refractivity (Wildman–Crippen MR) is 105 cm³/mol. The molecule has 0 radical (unpaired) electrons. The summed E-state index contributed by atoms with van der Waals surface area (Å²) in [5, 5.41) is 5.01. The number of nitrogens with zero attached hydrogens (tertiary/aromatic N) is 3. The summed E-state index contributed by atoms with van der Waals surface area (Å²) in [4.78, 5) is 14.4. The van der Waals surface area contributed by atoms with Gasteiger partial charge < -0.3 is 9.64 Å². The number of rotatable bonds is 6. The average Bonchev–Trinajstić information content (AvgIpc) is 2.66. The smallest absolute Gasteiger partial charge is 0.292 e. The van der Waals surface area contributed by atoms with Crippen LogP contribution in [0.4, 0.5) is 5.69 Å². The number of para-hydroxylation sites is 1. The molecule has 0 amide bonds. The number of ether oxygens (including phenoxy) is 1. The van der Waals surface area contributed by atoms with Crippen LogP contribution in [0.15, 0.2) is 65.6 Å². The fourth-order valence-electron chi connectivity index (χ4n) is 2.40. The zero-order chi connectivity index (χ0) is 18.5. The van der Waals surface area contributed by atoms with Gasteiger partial charge in [-0.25, -0.2) is 0 Å². The summed E-state index contributed by atoms with van der Waals surface area (Å²) in [6, 6.07) is 16.3. The predicted octanol–water partition coefficient (Wildman–Crippen LogP) is 4.05. The molecule has 2 aromatic carbocycles. The third-order valence-electron chi connectivity index (χ3n) is 3.82. The van der Waals surface area contributed by atoms with Gasteiger partial charge in [-0.2, -0.15) is 9.78 Å². The van der Waals surface area contributed by atoms with E-state index >= 15 is 0 Å². The first-order valence-electron chi connectivity index (χ1n) is 7.99. The van der Waals surface area contributed by atoms with Gasteiger partial charge in [0.2, 0.25) is 0 Å². The maximum Gasteiger partial charge on any atom is 0.292 e. The summed E-state index contributed by atoms with van der Waals surface area (Å²) in [5.74, 6) is 0.728. The van der Waals surface area contributed by atoms with E-state index < -0.39 is 0 Å². The van der Waals surface area contributed by atoms with Gasteiger partial charge in [-0.3, -0.25) is 4.79 Å². The Kier molecular flexibility index (Phi) is 5.81. The van der Waals surface area contributed by atoms with Gasteiger partial charge in [0.1, 0.15) is 17.4 Å². The normalized spacial score (nSPS) is 10.6. The number of hydrogen-bond donors (Lipinski definition) is 0. The second-order valence-corrected chi connectivity index (χ2v) is 6.43. The first-order valence-corrected chi connectivity index (χ1v) is 8.74. The van der Waals surface area contributed by atoms with Crippen LogP contribution in [0.1, 0.15) is 0 Å². The fraction of sp³-hybridized carbons (Fsp3) is 0.158. The minimum atomic E-state index is -0.360. The second-order valence-electron chi connectivity index (χ2n) is 5.62. The Morgan fingerprint density at radius 2 is 1.77 bits per heavy atom. The highest BCUT2D eigenvalue weighted by molar-refractivity contribution is 6.33. The number of benzene rings is 2. The summed E-state index contributed by atoms with van der Waals surface area (Å²) in [7, 11) is 1.83. The Bertz CT molecular complexity index is 928. The molecule has 0 saturated carbocycles. The van der Waals surface area contributed by atoms with Crippen LogP contribution in [0.2, 0.25) is 10.0 Å². The minimum Gasteiger partial charge on any atom is -0.492 e. The lowest BCUT2D eigenvalue weighted by molar-refractivity contribution is 0.326. The van der Waals surface area contributed by atoms with Crippen LogP contribution >= 0.6 is 23.2 Å². The Balaban J connectivity index is 1.69. The van der Waals surface area contributed by atoms with Crippen molar-refractivity contribution in [1.29, 1.82) is 0 Å². The summed E-state index contributed by atoms with van der Waals surface area (Å²) in [6.45, 7) is 0.967. The van der Waals surface area contributed by atoms with Crippen LogP contribution in [0.5, 0.6) is 5.75 Å². The zero-order valence-electron chi connectivity index (χ0n) is 14.1. The summed E-state index contributed by atoms with van der Waals surface area (Å²) < 4.78 is 6.95. The second kappa shape index (κ2) is 8.25. The number of halogens is 2. The standard InChI is InChI=1S/C19H17Cl2N3O2/c1-23(11-12-26-16-9-7-14(20)8-10-16)17-13-22-24(19(25)18(17)21)15-5-3-2-4-6-15/h2-10,13H,11-12H2,1H3. The molecule has 0 fully saturated rings. The highest BCUT2D eigenvalue weighted by Crippen LogP contribution is 2.21. The lowest BCUT2D eigenvalue weighted by Gasteiger charge is -2.20. The molecule has 0 aliphatic carbocycles. The van der Waals surface area contributed by atoms with Crippen LogP contribution in [-0.2, 0) is 0 Å². The number of hydrogen-bond acceptors (Lipinski definition) is 4. The molecule has 5 nitrogen and oxygen atoms in total. The van der Waals surface area contributed by atoms with Gasteiger partial charge in [-0.1, -0.05) is 41.4 Å². The van der Waals surface area contributed by atoms with Crippen molar-refractivity contribution < 1.29 is 4.74 Å². The average molecular weight is 390 g/mol. The molecule has 3 aromatic rings.